The van der Waals surface area contributed by atoms with Crippen molar-refractivity contribution in [3.05, 3.63) is 17.0 Å². The Labute approximate surface area is 102 Å². The van der Waals surface area contributed by atoms with Gasteiger partial charge in [-0.2, -0.15) is 0 Å². The van der Waals surface area contributed by atoms with Crippen LogP contribution in [0, 0.1) is 19.8 Å². The summed E-state index contributed by atoms with van der Waals surface area (Å²) in [6, 6.07) is 0.693. The molecule has 0 N–H and O–H groups in total. The van der Waals surface area contributed by atoms with Crippen LogP contribution in [0.15, 0.2) is 4.52 Å². The molecule has 0 radical (unpaired) electrons. The standard InChI is InChI=1S/C13H20N2O2/c1-8-12(9(2)17-14-8)7-15-6-10-4-11(15)5-13(10)16-3/h10-11,13H,4-7H2,1-3H3. The molecule has 3 atom stereocenters. The minimum atomic E-state index is 0.487. The molecule has 4 heteroatoms. The van der Waals surface area contributed by atoms with Crippen LogP contribution in [0.1, 0.15) is 29.9 Å². The third-order valence-electron chi connectivity index (χ3n) is 4.44. The van der Waals surface area contributed by atoms with Gasteiger partial charge in [-0.05, 0) is 32.6 Å². The van der Waals surface area contributed by atoms with Crippen molar-refractivity contribution in [3.63, 3.8) is 0 Å². The Morgan fingerprint density at radius 2 is 2.24 bits per heavy atom. The van der Waals surface area contributed by atoms with Crippen LogP contribution < -0.4 is 0 Å². The molecule has 94 valence electrons. The van der Waals surface area contributed by atoms with Crippen molar-refractivity contribution in [3.8, 4) is 0 Å². The van der Waals surface area contributed by atoms with Gasteiger partial charge in [0.05, 0.1) is 11.8 Å². The van der Waals surface area contributed by atoms with Crippen LogP contribution in [0.2, 0.25) is 0 Å². The molecule has 1 saturated carbocycles. The first kappa shape index (κ1) is 11.2. The zero-order valence-corrected chi connectivity index (χ0v) is 10.8. The largest absolute Gasteiger partial charge is 0.381 e. The van der Waals surface area contributed by atoms with E-state index in [9.17, 15) is 0 Å². The molecule has 3 unspecified atom stereocenters. The molecule has 0 spiro atoms. The summed E-state index contributed by atoms with van der Waals surface area (Å²) in [7, 11) is 1.84. The quantitative estimate of drug-likeness (QED) is 0.803. The zero-order valence-electron chi connectivity index (χ0n) is 10.8. The highest BCUT2D eigenvalue weighted by Crippen LogP contribution is 2.40. The molecule has 1 aromatic heterocycles. The van der Waals surface area contributed by atoms with E-state index in [1.807, 2.05) is 21.0 Å². The van der Waals surface area contributed by atoms with Crippen molar-refractivity contribution in [1.82, 2.24) is 10.1 Å². The third-order valence-corrected chi connectivity index (χ3v) is 4.44. The number of aromatic nitrogens is 1. The van der Waals surface area contributed by atoms with Crippen molar-refractivity contribution < 1.29 is 9.26 Å². The Morgan fingerprint density at radius 1 is 1.41 bits per heavy atom. The molecule has 3 rings (SSSR count). The number of piperidine rings is 1. The molecule has 4 nitrogen and oxygen atoms in total. The smallest absolute Gasteiger partial charge is 0.138 e. The van der Waals surface area contributed by atoms with Crippen LogP contribution in [0.4, 0.5) is 0 Å². The van der Waals surface area contributed by atoms with E-state index in [1.165, 1.54) is 18.4 Å². The summed E-state index contributed by atoms with van der Waals surface area (Å²) in [6.07, 6.45) is 2.97. The molecule has 1 aliphatic carbocycles. The van der Waals surface area contributed by atoms with Gasteiger partial charge in [0.25, 0.3) is 0 Å². The van der Waals surface area contributed by atoms with Gasteiger partial charge < -0.3 is 9.26 Å². The fourth-order valence-corrected chi connectivity index (χ4v) is 3.41. The van der Waals surface area contributed by atoms with E-state index < -0.39 is 0 Å². The minimum absolute atomic E-state index is 0.487. The van der Waals surface area contributed by atoms with Crippen molar-refractivity contribution in [2.45, 2.75) is 45.4 Å². The van der Waals surface area contributed by atoms with Crippen LogP contribution in [-0.4, -0.2) is 35.9 Å². The monoisotopic (exact) mass is 236 g/mol. The predicted molar refractivity (Wildman–Crippen MR) is 63.7 cm³/mol. The Morgan fingerprint density at radius 3 is 2.76 bits per heavy atom. The third kappa shape index (κ3) is 1.79. The van der Waals surface area contributed by atoms with Crippen molar-refractivity contribution in [2.75, 3.05) is 13.7 Å². The minimum Gasteiger partial charge on any atom is -0.381 e. The van der Waals surface area contributed by atoms with Crippen LogP contribution in [0.25, 0.3) is 0 Å². The molecule has 0 amide bonds. The molecular weight excluding hydrogens is 216 g/mol. The van der Waals surface area contributed by atoms with Gasteiger partial charge >= 0.3 is 0 Å². The Balaban J connectivity index is 1.69. The van der Waals surface area contributed by atoms with Gasteiger partial charge in [0.15, 0.2) is 0 Å². The highest BCUT2D eigenvalue weighted by atomic mass is 16.5. The molecule has 1 saturated heterocycles. The van der Waals surface area contributed by atoms with Crippen molar-refractivity contribution in [1.29, 1.82) is 0 Å². The number of likely N-dealkylation sites (tertiary alicyclic amines) is 1. The molecule has 0 aromatic carbocycles. The lowest BCUT2D eigenvalue weighted by Crippen LogP contribution is -2.37. The molecular formula is C13H20N2O2. The summed E-state index contributed by atoms with van der Waals surface area (Å²) < 4.78 is 10.7. The fourth-order valence-electron chi connectivity index (χ4n) is 3.41. The second kappa shape index (κ2) is 4.10. The van der Waals surface area contributed by atoms with Gasteiger partial charge in [-0.1, -0.05) is 5.16 Å². The summed E-state index contributed by atoms with van der Waals surface area (Å²) >= 11 is 0. The summed E-state index contributed by atoms with van der Waals surface area (Å²) in [6.45, 7) is 6.17. The van der Waals surface area contributed by atoms with Crippen molar-refractivity contribution >= 4 is 0 Å². The van der Waals surface area contributed by atoms with E-state index in [-0.39, 0.29) is 0 Å². The number of hydrogen-bond donors (Lipinski definition) is 0. The maximum Gasteiger partial charge on any atom is 0.138 e. The van der Waals surface area contributed by atoms with Crippen LogP contribution in [-0.2, 0) is 11.3 Å². The van der Waals surface area contributed by atoms with E-state index in [1.54, 1.807) is 0 Å². The van der Waals surface area contributed by atoms with Crippen LogP contribution in [0.3, 0.4) is 0 Å². The van der Waals surface area contributed by atoms with Gasteiger partial charge in [-0.15, -0.1) is 0 Å². The number of fused-ring (bicyclic) bond motifs is 2. The first-order chi connectivity index (χ1) is 8.19. The maximum atomic E-state index is 5.52. The molecule has 2 bridgehead atoms. The van der Waals surface area contributed by atoms with Crippen LogP contribution >= 0.6 is 0 Å². The first-order valence-corrected chi connectivity index (χ1v) is 6.37. The number of rotatable bonds is 3. The average Bonchev–Trinajstić information content (AvgIpc) is 2.98. The Hall–Kier alpha value is -0.870. The summed E-state index contributed by atoms with van der Waals surface area (Å²) in [4.78, 5) is 2.56. The predicted octanol–water partition coefficient (Wildman–Crippen LogP) is 1.90. The van der Waals surface area contributed by atoms with Gasteiger partial charge in [0, 0.05) is 31.8 Å². The van der Waals surface area contributed by atoms with Gasteiger partial charge in [-0.3, -0.25) is 4.90 Å². The number of nitrogens with zero attached hydrogens (tertiary/aromatic N) is 2. The number of ether oxygens (including phenoxy) is 1. The number of methoxy groups -OCH3 is 1. The van der Waals surface area contributed by atoms with Crippen molar-refractivity contribution in [2.24, 2.45) is 5.92 Å². The van der Waals surface area contributed by atoms with Gasteiger partial charge in [0.2, 0.25) is 0 Å². The van der Waals surface area contributed by atoms with E-state index in [4.69, 9.17) is 9.26 Å². The zero-order chi connectivity index (χ0) is 12.0. The van der Waals surface area contributed by atoms with Gasteiger partial charge in [-0.25, -0.2) is 0 Å². The van der Waals surface area contributed by atoms with Crippen LogP contribution in [0.5, 0.6) is 0 Å². The molecule has 1 aromatic rings. The fraction of sp³-hybridized carbons (Fsp3) is 0.769. The second-order valence-electron chi connectivity index (χ2n) is 5.39. The topological polar surface area (TPSA) is 38.5 Å². The second-order valence-corrected chi connectivity index (χ2v) is 5.39. The normalized spacial score (nSPS) is 32.5. The van der Waals surface area contributed by atoms with E-state index >= 15 is 0 Å². The molecule has 2 aliphatic rings. The average molecular weight is 236 g/mol. The van der Waals surface area contributed by atoms with E-state index in [0.29, 0.717) is 12.1 Å². The molecule has 17 heavy (non-hydrogen) atoms. The van der Waals surface area contributed by atoms with Gasteiger partial charge in [0.1, 0.15) is 5.76 Å². The SMILES string of the molecule is COC1CC2CC1CN2Cc1c(C)noc1C. The molecule has 1 aliphatic heterocycles. The van der Waals surface area contributed by atoms with E-state index in [2.05, 4.69) is 10.1 Å². The number of aryl methyl sites for hydroxylation is 2. The molecule has 2 heterocycles. The maximum absolute atomic E-state index is 5.52. The Bertz CT molecular complexity index is 396. The summed E-state index contributed by atoms with van der Waals surface area (Å²) in [5.41, 5.74) is 2.31. The van der Waals surface area contributed by atoms with E-state index in [0.717, 1.165) is 30.5 Å². The lowest BCUT2D eigenvalue weighted by Gasteiger charge is -2.30. The highest BCUT2D eigenvalue weighted by molar-refractivity contribution is 5.21. The highest BCUT2D eigenvalue weighted by Gasteiger charge is 2.44. The molecule has 2 fully saturated rings. The number of hydrogen-bond acceptors (Lipinski definition) is 4. The lowest BCUT2D eigenvalue weighted by atomic mass is 10.1. The Kier molecular flexibility index (Phi) is 2.71. The summed E-state index contributed by atoms with van der Waals surface area (Å²) in [5.74, 6) is 1.69. The lowest BCUT2D eigenvalue weighted by molar-refractivity contribution is 0.0308. The first-order valence-electron chi connectivity index (χ1n) is 6.37. The summed E-state index contributed by atoms with van der Waals surface area (Å²) in [5, 5.41) is 4.03.